The zero-order chi connectivity index (χ0) is 23.7. The van der Waals surface area contributed by atoms with Crippen LogP contribution in [-0.2, 0) is 4.79 Å². The van der Waals surface area contributed by atoms with Crippen molar-refractivity contribution >= 4 is 39.0 Å². The molecule has 1 N–H and O–H groups in total. The number of nitrogens with zero attached hydrogens (tertiary/aromatic N) is 1. The second kappa shape index (κ2) is 8.87. The molecular formula is C29H24N2O3. The van der Waals surface area contributed by atoms with E-state index in [2.05, 4.69) is 40.6 Å². The van der Waals surface area contributed by atoms with Gasteiger partial charge in [0.15, 0.2) is 0 Å². The van der Waals surface area contributed by atoms with E-state index in [-0.39, 0.29) is 5.91 Å². The molecule has 0 aliphatic carbocycles. The summed E-state index contributed by atoms with van der Waals surface area (Å²) in [4.78, 5) is 16.8. The zero-order valence-corrected chi connectivity index (χ0v) is 19.3. The number of carbonyl (C=O) groups excluding carboxylic acids is 1. The molecular weight excluding hydrogens is 424 g/mol. The average molecular weight is 449 g/mol. The molecule has 0 saturated carbocycles. The lowest BCUT2D eigenvalue weighted by Gasteiger charge is -2.13. The van der Waals surface area contributed by atoms with Gasteiger partial charge in [-0.3, -0.25) is 4.79 Å². The number of rotatable bonds is 5. The van der Waals surface area contributed by atoms with Crippen molar-refractivity contribution in [3.05, 3.63) is 96.4 Å². The standard InChI is InChI=1S/C29H24N2O3/c1-18(14-27(32)31-26-10-6-7-13-30-26)23-16-24-25(17-34-29(24)19(2)28(23)33-3)22-12-11-20-8-4-5-9-21(20)15-22/h4-17H,1-3H3,(H,30,31,32)/b18-14+. The van der Waals surface area contributed by atoms with Crippen LogP contribution in [0.4, 0.5) is 5.82 Å². The van der Waals surface area contributed by atoms with E-state index in [9.17, 15) is 4.79 Å². The van der Waals surface area contributed by atoms with Gasteiger partial charge in [-0.1, -0.05) is 42.5 Å². The molecule has 5 rings (SSSR count). The van der Waals surface area contributed by atoms with Gasteiger partial charge < -0.3 is 14.5 Å². The molecule has 0 aliphatic rings. The molecule has 1 amide bonds. The Hall–Kier alpha value is -4.38. The van der Waals surface area contributed by atoms with E-state index in [0.29, 0.717) is 11.6 Å². The van der Waals surface area contributed by atoms with E-state index in [1.807, 2.05) is 38.1 Å². The minimum atomic E-state index is -0.252. The van der Waals surface area contributed by atoms with E-state index in [0.717, 1.165) is 38.8 Å². The van der Waals surface area contributed by atoms with Crippen LogP contribution in [0.25, 0.3) is 38.4 Å². The molecule has 168 valence electrons. The van der Waals surface area contributed by atoms with Crippen LogP contribution in [0.5, 0.6) is 5.75 Å². The molecule has 0 aliphatic heterocycles. The summed E-state index contributed by atoms with van der Waals surface area (Å²) in [5.74, 6) is 0.938. The number of aromatic nitrogens is 1. The van der Waals surface area contributed by atoms with Crippen LogP contribution < -0.4 is 10.1 Å². The van der Waals surface area contributed by atoms with E-state index >= 15 is 0 Å². The number of amides is 1. The molecule has 2 aromatic heterocycles. The number of carbonyl (C=O) groups is 1. The number of furan rings is 1. The molecule has 34 heavy (non-hydrogen) atoms. The summed E-state index contributed by atoms with van der Waals surface area (Å²) in [6, 6.07) is 22.1. The lowest BCUT2D eigenvalue weighted by atomic mass is 9.95. The second-order valence-electron chi connectivity index (χ2n) is 8.20. The first-order valence-corrected chi connectivity index (χ1v) is 11.0. The van der Waals surface area contributed by atoms with E-state index in [1.165, 1.54) is 10.8 Å². The number of methoxy groups -OCH3 is 1. The number of ether oxygens (including phenoxy) is 1. The van der Waals surface area contributed by atoms with Gasteiger partial charge in [0.05, 0.1) is 13.4 Å². The first-order valence-electron chi connectivity index (χ1n) is 11.0. The van der Waals surface area contributed by atoms with Crippen molar-refractivity contribution in [2.45, 2.75) is 13.8 Å². The van der Waals surface area contributed by atoms with Crippen LogP contribution in [0.2, 0.25) is 0 Å². The van der Waals surface area contributed by atoms with Crippen molar-refractivity contribution in [3.8, 4) is 16.9 Å². The highest BCUT2D eigenvalue weighted by Crippen LogP contribution is 2.41. The highest BCUT2D eigenvalue weighted by Gasteiger charge is 2.19. The topological polar surface area (TPSA) is 64.4 Å². The molecule has 0 fully saturated rings. The Morgan fingerprint density at radius 3 is 2.59 bits per heavy atom. The first kappa shape index (κ1) is 21.5. The minimum Gasteiger partial charge on any atom is -0.496 e. The van der Waals surface area contributed by atoms with E-state index in [4.69, 9.17) is 9.15 Å². The van der Waals surface area contributed by atoms with Crippen molar-refractivity contribution in [1.29, 1.82) is 0 Å². The number of hydrogen-bond acceptors (Lipinski definition) is 4. The number of benzene rings is 3. The summed E-state index contributed by atoms with van der Waals surface area (Å²) < 4.78 is 11.7. The summed E-state index contributed by atoms with van der Waals surface area (Å²) in [6.45, 7) is 3.87. The van der Waals surface area contributed by atoms with Crippen molar-refractivity contribution in [2.75, 3.05) is 12.4 Å². The minimum absolute atomic E-state index is 0.252. The van der Waals surface area contributed by atoms with Crippen LogP contribution in [0.1, 0.15) is 18.1 Å². The Balaban J connectivity index is 1.59. The van der Waals surface area contributed by atoms with Crippen LogP contribution >= 0.6 is 0 Å². The van der Waals surface area contributed by atoms with Crippen LogP contribution in [0.15, 0.2) is 89.7 Å². The Morgan fingerprint density at radius 1 is 1.03 bits per heavy atom. The normalized spacial score (nSPS) is 11.7. The molecule has 5 aromatic rings. The fourth-order valence-electron chi connectivity index (χ4n) is 4.33. The number of aryl methyl sites for hydroxylation is 1. The molecule has 0 atom stereocenters. The van der Waals surface area contributed by atoms with Gasteiger partial charge in [0.2, 0.25) is 5.91 Å². The smallest absolute Gasteiger partial charge is 0.249 e. The van der Waals surface area contributed by atoms with E-state index in [1.54, 1.807) is 37.8 Å². The van der Waals surface area contributed by atoms with Gasteiger partial charge in [-0.2, -0.15) is 0 Å². The molecule has 0 unspecified atom stereocenters. The van der Waals surface area contributed by atoms with E-state index < -0.39 is 0 Å². The van der Waals surface area contributed by atoms with Gasteiger partial charge in [0.1, 0.15) is 17.2 Å². The van der Waals surface area contributed by atoms with Gasteiger partial charge in [-0.05, 0) is 60.0 Å². The summed E-state index contributed by atoms with van der Waals surface area (Å²) in [5, 5.41) is 6.13. The third-order valence-electron chi connectivity index (χ3n) is 6.00. The molecule has 0 spiro atoms. The second-order valence-corrected chi connectivity index (χ2v) is 8.20. The van der Waals surface area contributed by atoms with Crippen LogP contribution in [-0.4, -0.2) is 18.0 Å². The van der Waals surface area contributed by atoms with Gasteiger partial charge in [-0.25, -0.2) is 4.98 Å². The molecule has 5 heteroatoms. The van der Waals surface area contributed by atoms with Crippen LogP contribution in [0.3, 0.4) is 0 Å². The maximum Gasteiger partial charge on any atom is 0.249 e. The molecule has 0 radical (unpaired) electrons. The monoisotopic (exact) mass is 448 g/mol. The predicted molar refractivity (Wildman–Crippen MR) is 137 cm³/mol. The lowest BCUT2D eigenvalue weighted by Crippen LogP contribution is -2.09. The zero-order valence-electron chi connectivity index (χ0n) is 19.3. The quantitative estimate of drug-likeness (QED) is 0.294. The fraction of sp³-hybridized carbons (Fsp3) is 0.103. The van der Waals surface area contributed by atoms with Gasteiger partial charge in [-0.15, -0.1) is 0 Å². The number of anilines is 1. The SMILES string of the molecule is COc1c(/C(C)=C/C(=O)Nc2ccccn2)cc2c(-c3ccc4ccccc4c3)coc2c1C. The highest BCUT2D eigenvalue weighted by molar-refractivity contribution is 6.06. The third kappa shape index (κ3) is 3.92. The summed E-state index contributed by atoms with van der Waals surface area (Å²) in [7, 11) is 1.63. The van der Waals surface area contributed by atoms with Crippen LogP contribution in [0, 0.1) is 6.92 Å². The maximum atomic E-state index is 12.6. The Bertz CT molecular complexity index is 1550. The molecule has 0 bridgehead atoms. The fourth-order valence-corrected chi connectivity index (χ4v) is 4.33. The number of allylic oxidation sites excluding steroid dienone is 1. The Labute approximate surface area is 197 Å². The number of pyridine rings is 1. The first-order chi connectivity index (χ1) is 16.5. The Morgan fingerprint density at radius 2 is 1.82 bits per heavy atom. The molecule has 5 nitrogen and oxygen atoms in total. The maximum absolute atomic E-state index is 12.6. The number of fused-ring (bicyclic) bond motifs is 2. The Kier molecular flexibility index (Phi) is 5.60. The summed E-state index contributed by atoms with van der Waals surface area (Å²) >= 11 is 0. The number of nitrogens with one attached hydrogen (secondary N) is 1. The number of hydrogen-bond donors (Lipinski definition) is 1. The average Bonchev–Trinajstić information content (AvgIpc) is 3.28. The van der Waals surface area contributed by atoms with Gasteiger partial charge in [0, 0.05) is 34.3 Å². The largest absolute Gasteiger partial charge is 0.496 e. The van der Waals surface area contributed by atoms with Gasteiger partial charge >= 0.3 is 0 Å². The predicted octanol–water partition coefficient (Wildman–Crippen LogP) is 7.01. The van der Waals surface area contributed by atoms with Gasteiger partial charge in [0.25, 0.3) is 0 Å². The molecule has 3 aromatic carbocycles. The third-order valence-corrected chi connectivity index (χ3v) is 6.00. The molecule has 0 saturated heterocycles. The highest BCUT2D eigenvalue weighted by atomic mass is 16.5. The van der Waals surface area contributed by atoms with Crippen molar-refractivity contribution < 1.29 is 13.9 Å². The van der Waals surface area contributed by atoms with Crippen molar-refractivity contribution in [1.82, 2.24) is 4.98 Å². The van der Waals surface area contributed by atoms with Crippen molar-refractivity contribution in [2.24, 2.45) is 0 Å². The summed E-state index contributed by atoms with van der Waals surface area (Å²) in [5.41, 5.74) is 5.35. The molecule has 2 heterocycles. The van der Waals surface area contributed by atoms with Crippen molar-refractivity contribution in [3.63, 3.8) is 0 Å². The summed E-state index contributed by atoms with van der Waals surface area (Å²) in [6.07, 6.45) is 4.99. The lowest BCUT2D eigenvalue weighted by molar-refractivity contribution is -0.111.